The van der Waals surface area contributed by atoms with Crippen LogP contribution in [-0.4, -0.2) is 30.3 Å². The van der Waals surface area contributed by atoms with Crippen LogP contribution in [0.25, 0.3) is 0 Å². The highest BCUT2D eigenvalue weighted by Gasteiger charge is 2.53. The van der Waals surface area contributed by atoms with E-state index in [1.54, 1.807) is 0 Å². The van der Waals surface area contributed by atoms with Crippen LogP contribution in [-0.2, 0) is 15.0 Å². The zero-order chi connectivity index (χ0) is 13.5. The number of hydrogen-bond donors (Lipinski definition) is 1. The van der Waals surface area contributed by atoms with Gasteiger partial charge in [0.25, 0.3) is 0 Å². The zero-order valence-corrected chi connectivity index (χ0v) is 9.74. The van der Waals surface area contributed by atoms with Crippen molar-refractivity contribution in [3.63, 3.8) is 0 Å². The second-order valence-corrected chi connectivity index (χ2v) is 4.37. The quantitative estimate of drug-likeness (QED) is 0.783. The van der Waals surface area contributed by atoms with Gasteiger partial charge in [0, 0.05) is 25.2 Å². The van der Waals surface area contributed by atoms with Gasteiger partial charge in [0.05, 0.1) is 0 Å². The maximum absolute atomic E-state index is 13.8. The lowest BCUT2D eigenvalue weighted by Crippen LogP contribution is -2.48. The van der Waals surface area contributed by atoms with Crippen molar-refractivity contribution in [3.8, 4) is 0 Å². The fraction of sp³-hybridized carbons (Fsp3) is 0.333. The van der Waals surface area contributed by atoms with Crippen molar-refractivity contribution < 1.29 is 18.4 Å². The second-order valence-electron chi connectivity index (χ2n) is 4.37. The van der Waals surface area contributed by atoms with Gasteiger partial charge >= 0.3 is 0 Å². The van der Waals surface area contributed by atoms with E-state index in [2.05, 4.69) is 0 Å². The van der Waals surface area contributed by atoms with E-state index >= 15 is 0 Å². The molecular weight excluding hydrogens is 242 g/mol. The van der Waals surface area contributed by atoms with Crippen LogP contribution in [0.15, 0.2) is 18.2 Å². The summed E-state index contributed by atoms with van der Waals surface area (Å²) in [5.74, 6) is -3.17. The molecule has 0 bridgehead atoms. The summed E-state index contributed by atoms with van der Waals surface area (Å²) in [5, 5.41) is 0. The average Bonchev–Trinajstić information content (AvgIpc) is 2.58. The number of benzene rings is 1. The molecule has 4 nitrogen and oxygen atoms in total. The van der Waals surface area contributed by atoms with Crippen LogP contribution >= 0.6 is 0 Å². The van der Waals surface area contributed by atoms with Crippen LogP contribution in [0.3, 0.4) is 0 Å². The van der Waals surface area contributed by atoms with Gasteiger partial charge in [-0.15, -0.1) is 0 Å². The third kappa shape index (κ3) is 1.56. The van der Waals surface area contributed by atoms with E-state index in [9.17, 15) is 18.4 Å². The Balaban J connectivity index is 2.63. The van der Waals surface area contributed by atoms with Crippen molar-refractivity contribution in [2.45, 2.75) is 11.8 Å². The van der Waals surface area contributed by atoms with Gasteiger partial charge in [-0.3, -0.25) is 9.59 Å². The van der Waals surface area contributed by atoms with Gasteiger partial charge in [0.1, 0.15) is 11.6 Å². The molecule has 18 heavy (non-hydrogen) atoms. The first kappa shape index (κ1) is 12.5. The number of primary amides is 1. The second kappa shape index (κ2) is 4.04. The van der Waals surface area contributed by atoms with E-state index in [1.165, 1.54) is 11.9 Å². The Morgan fingerprint density at radius 1 is 1.44 bits per heavy atom. The summed E-state index contributed by atoms with van der Waals surface area (Å²) in [6, 6.07) is 2.76. The van der Waals surface area contributed by atoms with Crippen molar-refractivity contribution in [1.82, 2.24) is 4.90 Å². The van der Waals surface area contributed by atoms with Crippen LogP contribution < -0.4 is 5.73 Å². The van der Waals surface area contributed by atoms with Crippen molar-refractivity contribution in [3.05, 3.63) is 35.4 Å². The number of halogens is 2. The first-order chi connectivity index (χ1) is 8.39. The van der Waals surface area contributed by atoms with Crippen molar-refractivity contribution in [1.29, 1.82) is 0 Å². The minimum absolute atomic E-state index is 0.0974. The number of likely N-dealkylation sites (N-methyl/N-ethyl adjacent to an activating group) is 1. The molecule has 2 amide bonds. The van der Waals surface area contributed by atoms with E-state index in [0.29, 0.717) is 12.6 Å². The first-order valence-corrected chi connectivity index (χ1v) is 5.40. The SMILES string of the molecule is CN1CCC(C(N)=O)(c2ccc(F)cc2F)C1=O. The molecular formula is C12H12F2N2O2. The molecule has 0 radical (unpaired) electrons. The molecule has 96 valence electrons. The zero-order valence-electron chi connectivity index (χ0n) is 9.74. The van der Waals surface area contributed by atoms with Crippen LogP contribution in [0.2, 0.25) is 0 Å². The number of carbonyl (C=O) groups is 2. The third-order valence-electron chi connectivity index (χ3n) is 3.35. The van der Waals surface area contributed by atoms with E-state index in [4.69, 9.17) is 5.73 Å². The largest absolute Gasteiger partial charge is 0.368 e. The number of nitrogens with two attached hydrogens (primary N) is 1. The minimum Gasteiger partial charge on any atom is -0.368 e. The lowest BCUT2D eigenvalue weighted by molar-refractivity contribution is -0.138. The fourth-order valence-corrected chi connectivity index (χ4v) is 2.32. The molecule has 0 spiro atoms. The van der Waals surface area contributed by atoms with E-state index in [1.807, 2.05) is 0 Å². The summed E-state index contributed by atoms with van der Waals surface area (Å²) < 4.78 is 26.7. The van der Waals surface area contributed by atoms with E-state index in [0.717, 1.165) is 12.1 Å². The predicted octanol–water partition coefficient (Wildman–Crippen LogP) is 0.550. The highest BCUT2D eigenvalue weighted by molar-refractivity contribution is 6.11. The Morgan fingerprint density at radius 3 is 2.56 bits per heavy atom. The fourth-order valence-electron chi connectivity index (χ4n) is 2.32. The van der Waals surface area contributed by atoms with Gasteiger partial charge in [-0.25, -0.2) is 8.78 Å². The number of rotatable bonds is 2. The summed E-state index contributed by atoms with van der Waals surface area (Å²) in [4.78, 5) is 25.0. The first-order valence-electron chi connectivity index (χ1n) is 5.40. The van der Waals surface area contributed by atoms with Crippen LogP contribution in [0, 0.1) is 11.6 Å². The van der Waals surface area contributed by atoms with Gasteiger partial charge in [-0.1, -0.05) is 6.07 Å². The number of carbonyl (C=O) groups excluding carboxylic acids is 2. The van der Waals surface area contributed by atoms with Gasteiger partial charge in [0.15, 0.2) is 5.41 Å². The number of amides is 2. The van der Waals surface area contributed by atoms with Crippen molar-refractivity contribution in [2.24, 2.45) is 5.73 Å². The minimum atomic E-state index is -1.72. The average molecular weight is 254 g/mol. The molecule has 1 unspecified atom stereocenters. The molecule has 1 atom stereocenters. The summed E-state index contributed by atoms with van der Waals surface area (Å²) in [7, 11) is 1.51. The lowest BCUT2D eigenvalue weighted by atomic mass is 9.78. The summed E-state index contributed by atoms with van der Waals surface area (Å²) in [6.07, 6.45) is 0.0974. The maximum atomic E-state index is 13.8. The highest BCUT2D eigenvalue weighted by Crippen LogP contribution is 2.36. The van der Waals surface area contributed by atoms with Gasteiger partial charge in [-0.05, 0) is 12.5 Å². The molecule has 2 N–H and O–H groups in total. The van der Waals surface area contributed by atoms with Crippen LogP contribution in [0.1, 0.15) is 12.0 Å². The number of hydrogen-bond acceptors (Lipinski definition) is 2. The molecule has 1 heterocycles. The smallest absolute Gasteiger partial charge is 0.242 e. The molecule has 1 aliphatic rings. The van der Waals surface area contributed by atoms with Gasteiger partial charge < -0.3 is 10.6 Å². The summed E-state index contributed by atoms with van der Waals surface area (Å²) >= 11 is 0. The molecule has 0 saturated carbocycles. The predicted molar refractivity (Wildman–Crippen MR) is 59.5 cm³/mol. The molecule has 6 heteroatoms. The molecule has 0 aromatic heterocycles. The number of likely N-dealkylation sites (tertiary alicyclic amines) is 1. The van der Waals surface area contributed by atoms with Gasteiger partial charge in [-0.2, -0.15) is 0 Å². The normalized spacial score (nSPS) is 23.5. The Bertz CT molecular complexity index is 533. The monoisotopic (exact) mass is 254 g/mol. The van der Waals surface area contributed by atoms with Crippen LogP contribution in [0.4, 0.5) is 8.78 Å². The topological polar surface area (TPSA) is 63.4 Å². The van der Waals surface area contributed by atoms with E-state index in [-0.39, 0.29) is 12.0 Å². The molecule has 1 fully saturated rings. The van der Waals surface area contributed by atoms with Crippen molar-refractivity contribution in [2.75, 3.05) is 13.6 Å². The Morgan fingerprint density at radius 2 is 2.11 bits per heavy atom. The molecule has 1 aliphatic heterocycles. The van der Waals surface area contributed by atoms with Crippen molar-refractivity contribution >= 4 is 11.8 Å². The molecule has 1 aromatic carbocycles. The summed E-state index contributed by atoms with van der Waals surface area (Å²) in [6.45, 7) is 0.304. The van der Waals surface area contributed by atoms with E-state index < -0.39 is 28.9 Å². The third-order valence-corrected chi connectivity index (χ3v) is 3.35. The highest BCUT2D eigenvalue weighted by atomic mass is 19.1. The maximum Gasteiger partial charge on any atom is 0.242 e. The lowest BCUT2D eigenvalue weighted by Gasteiger charge is -2.24. The molecule has 1 aromatic rings. The Kier molecular flexibility index (Phi) is 2.80. The molecule has 1 saturated heterocycles. The van der Waals surface area contributed by atoms with Crippen LogP contribution in [0.5, 0.6) is 0 Å². The molecule has 2 rings (SSSR count). The Labute approximate surface area is 102 Å². The Hall–Kier alpha value is -1.98. The molecule has 0 aliphatic carbocycles. The number of nitrogens with zero attached hydrogens (tertiary/aromatic N) is 1. The van der Waals surface area contributed by atoms with Gasteiger partial charge in [0.2, 0.25) is 11.8 Å². The standard InChI is InChI=1S/C12H12F2N2O2/c1-16-5-4-12(10(15)17,11(16)18)8-3-2-7(13)6-9(8)14/h2-3,6H,4-5H2,1H3,(H2,15,17). The summed E-state index contributed by atoms with van der Waals surface area (Å²) in [5.41, 5.74) is 3.40.